The molecule has 1 aliphatic rings. The summed E-state index contributed by atoms with van der Waals surface area (Å²) in [5, 5.41) is 4.56. The summed E-state index contributed by atoms with van der Waals surface area (Å²) in [5.74, 6) is -2.32. The molecule has 1 N–H and O–H groups in total. The van der Waals surface area contributed by atoms with E-state index in [4.69, 9.17) is 4.74 Å². The zero-order valence-corrected chi connectivity index (χ0v) is 19.6. The molecule has 1 fully saturated rings. The van der Waals surface area contributed by atoms with Crippen molar-refractivity contribution in [2.24, 2.45) is 5.92 Å². The van der Waals surface area contributed by atoms with E-state index in [1.807, 2.05) is 5.38 Å². The second kappa shape index (κ2) is 10.5. The number of esters is 1. The second-order valence-electron chi connectivity index (χ2n) is 7.56. The molecule has 2 heterocycles. The van der Waals surface area contributed by atoms with Gasteiger partial charge in [-0.05, 0) is 48.9 Å². The van der Waals surface area contributed by atoms with Crippen LogP contribution in [0.5, 0.6) is 0 Å². The number of benzene rings is 1. The SMILES string of the molecule is CCCS(=O)(=O)N1C(C(=O)NCc2ccc(F)cc2)CC(C(=O)OCC)C1c1cccs1. The van der Waals surface area contributed by atoms with Crippen LogP contribution in [0.3, 0.4) is 0 Å². The lowest BCUT2D eigenvalue weighted by Gasteiger charge is -2.29. The molecule has 1 aromatic carbocycles. The van der Waals surface area contributed by atoms with Crippen LogP contribution in [0.25, 0.3) is 0 Å². The minimum absolute atomic E-state index is 0.0274. The van der Waals surface area contributed by atoms with E-state index in [-0.39, 0.29) is 31.1 Å². The Morgan fingerprint density at radius 1 is 1.22 bits per heavy atom. The third-order valence-electron chi connectivity index (χ3n) is 5.33. The molecule has 3 unspecified atom stereocenters. The first-order chi connectivity index (χ1) is 15.3. The summed E-state index contributed by atoms with van der Waals surface area (Å²) in [7, 11) is -3.83. The Labute approximate surface area is 191 Å². The molecule has 1 aromatic heterocycles. The van der Waals surface area contributed by atoms with Crippen molar-refractivity contribution >= 4 is 33.2 Å². The van der Waals surface area contributed by atoms with Crippen LogP contribution >= 0.6 is 11.3 Å². The van der Waals surface area contributed by atoms with Gasteiger partial charge in [-0.1, -0.05) is 25.1 Å². The molecular weight excluding hydrogens is 455 g/mol. The van der Waals surface area contributed by atoms with Crippen LogP contribution in [0.2, 0.25) is 0 Å². The number of amides is 1. The summed E-state index contributed by atoms with van der Waals surface area (Å²) in [6.07, 6.45) is 0.406. The van der Waals surface area contributed by atoms with E-state index in [9.17, 15) is 22.4 Å². The minimum Gasteiger partial charge on any atom is -0.466 e. The zero-order valence-electron chi connectivity index (χ0n) is 18.0. The van der Waals surface area contributed by atoms with E-state index in [0.29, 0.717) is 16.9 Å². The van der Waals surface area contributed by atoms with Gasteiger partial charge >= 0.3 is 5.97 Å². The quantitative estimate of drug-likeness (QED) is 0.554. The fraction of sp³-hybridized carbons (Fsp3) is 0.455. The molecule has 174 valence electrons. The Balaban J connectivity index is 1.93. The molecular formula is C22H27FN2O5S2. The van der Waals surface area contributed by atoms with Crippen molar-refractivity contribution < 1.29 is 27.1 Å². The molecule has 1 amide bonds. The van der Waals surface area contributed by atoms with Gasteiger partial charge in [0.25, 0.3) is 0 Å². The van der Waals surface area contributed by atoms with Gasteiger partial charge in [-0.3, -0.25) is 9.59 Å². The van der Waals surface area contributed by atoms with E-state index in [1.54, 1.807) is 38.1 Å². The van der Waals surface area contributed by atoms with Crippen LogP contribution in [0, 0.1) is 11.7 Å². The highest BCUT2D eigenvalue weighted by Gasteiger charge is 2.53. The number of hydrogen-bond donors (Lipinski definition) is 1. The first kappa shape index (κ1) is 24.3. The second-order valence-corrected chi connectivity index (χ2v) is 10.5. The molecule has 3 atom stereocenters. The highest BCUT2D eigenvalue weighted by molar-refractivity contribution is 7.89. The monoisotopic (exact) mass is 482 g/mol. The molecule has 1 aliphatic heterocycles. The van der Waals surface area contributed by atoms with E-state index < -0.39 is 39.9 Å². The van der Waals surface area contributed by atoms with Crippen molar-refractivity contribution in [3.05, 3.63) is 58.0 Å². The average Bonchev–Trinajstić information content (AvgIpc) is 3.41. The third-order valence-corrected chi connectivity index (χ3v) is 8.32. The van der Waals surface area contributed by atoms with Gasteiger partial charge in [0.1, 0.15) is 11.9 Å². The fourth-order valence-corrected chi connectivity index (χ4v) is 6.82. The molecule has 10 heteroatoms. The summed E-state index contributed by atoms with van der Waals surface area (Å²) in [6.45, 7) is 3.71. The Morgan fingerprint density at radius 3 is 2.53 bits per heavy atom. The molecule has 1 saturated heterocycles. The van der Waals surface area contributed by atoms with Crippen molar-refractivity contribution in [1.82, 2.24) is 9.62 Å². The van der Waals surface area contributed by atoms with Crippen molar-refractivity contribution in [3.63, 3.8) is 0 Å². The number of carbonyl (C=O) groups excluding carboxylic acids is 2. The number of ether oxygens (including phenoxy) is 1. The number of nitrogens with one attached hydrogen (secondary N) is 1. The van der Waals surface area contributed by atoms with Gasteiger partial charge in [0.15, 0.2) is 0 Å². The number of rotatable bonds is 9. The lowest BCUT2D eigenvalue weighted by molar-refractivity contribution is -0.148. The summed E-state index contributed by atoms with van der Waals surface area (Å²) in [5.41, 5.74) is 0.678. The van der Waals surface area contributed by atoms with Gasteiger partial charge in [0.05, 0.1) is 24.3 Å². The average molecular weight is 483 g/mol. The Hall–Kier alpha value is -2.30. The third kappa shape index (κ3) is 5.36. The van der Waals surface area contributed by atoms with Crippen LogP contribution in [0.4, 0.5) is 4.39 Å². The van der Waals surface area contributed by atoms with Crippen LogP contribution < -0.4 is 5.32 Å². The van der Waals surface area contributed by atoms with E-state index in [0.717, 1.165) is 0 Å². The summed E-state index contributed by atoms with van der Waals surface area (Å²) < 4.78 is 46.1. The number of nitrogens with zero attached hydrogens (tertiary/aromatic N) is 1. The van der Waals surface area contributed by atoms with E-state index >= 15 is 0 Å². The molecule has 2 aromatic rings. The lowest BCUT2D eigenvalue weighted by Crippen LogP contribution is -2.47. The maximum absolute atomic E-state index is 13.2. The van der Waals surface area contributed by atoms with Crippen molar-refractivity contribution in [2.75, 3.05) is 12.4 Å². The molecule has 0 saturated carbocycles. The van der Waals surface area contributed by atoms with Crippen molar-refractivity contribution in [1.29, 1.82) is 0 Å². The number of sulfonamides is 1. The van der Waals surface area contributed by atoms with Crippen molar-refractivity contribution in [2.45, 2.75) is 45.3 Å². The molecule has 32 heavy (non-hydrogen) atoms. The minimum atomic E-state index is -3.83. The molecule has 0 bridgehead atoms. The largest absolute Gasteiger partial charge is 0.466 e. The zero-order chi connectivity index (χ0) is 23.3. The summed E-state index contributed by atoms with van der Waals surface area (Å²) >= 11 is 1.34. The summed E-state index contributed by atoms with van der Waals surface area (Å²) in [4.78, 5) is 26.6. The summed E-state index contributed by atoms with van der Waals surface area (Å²) in [6, 6.07) is 7.39. The van der Waals surface area contributed by atoms with Crippen LogP contribution in [0.15, 0.2) is 41.8 Å². The molecule has 0 radical (unpaired) electrons. The number of hydrogen-bond acceptors (Lipinski definition) is 6. The first-order valence-corrected chi connectivity index (χ1v) is 13.0. The Morgan fingerprint density at radius 2 is 1.94 bits per heavy atom. The highest BCUT2D eigenvalue weighted by Crippen LogP contribution is 2.45. The standard InChI is InChI=1S/C22H27FN2O5S2/c1-3-12-32(28,29)25-18(21(26)24-14-15-7-9-16(23)10-8-15)13-17(22(27)30-4-2)20(25)19-6-5-11-31-19/h5-11,17-18,20H,3-4,12-14H2,1-2H3,(H,24,26). The van der Waals surface area contributed by atoms with Crippen LogP contribution in [-0.4, -0.2) is 43.0 Å². The molecule has 0 aliphatic carbocycles. The normalized spacial score (nSPS) is 21.4. The Kier molecular flexibility index (Phi) is 8.02. The fourth-order valence-electron chi connectivity index (χ4n) is 3.96. The molecule has 0 spiro atoms. The van der Waals surface area contributed by atoms with Gasteiger partial charge in [0.2, 0.25) is 15.9 Å². The van der Waals surface area contributed by atoms with Crippen LogP contribution in [-0.2, 0) is 30.9 Å². The van der Waals surface area contributed by atoms with Gasteiger partial charge in [0, 0.05) is 11.4 Å². The predicted molar refractivity (Wildman–Crippen MR) is 120 cm³/mol. The van der Waals surface area contributed by atoms with Gasteiger partial charge < -0.3 is 10.1 Å². The topological polar surface area (TPSA) is 92.8 Å². The van der Waals surface area contributed by atoms with E-state index in [2.05, 4.69) is 5.32 Å². The number of thiophene rings is 1. The van der Waals surface area contributed by atoms with Gasteiger partial charge in [-0.15, -0.1) is 11.3 Å². The number of halogens is 1. The Bertz CT molecular complexity index is 1030. The number of carbonyl (C=O) groups is 2. The van der Waals surface area contributed by atoms with Crippen LogP contribution in [0.1, 0.15) is 43.2 Å². The molecule has 3 rings (SSSR count). The maximum atomic E-state index is 13.2. The molecule has 7 nitrogen and oxygen atoms in total. The predicted octanol–water partition coefficient (Wildman–Crippen LogP) is 3.24. The maximum Gasteiger partial charge on any atom is 0.311 e. The van der Waals surface area contributed by atoms with Crippen molar-refractivity contribution in [3.8, 4) is 0 Å². The lowest BCUT2D eigenvalue weighted by atomic mass is 9.98. The van der Waals surface area contributed by atoms with E-state index in [1.165, 1.54) is 27.8 Å². The van der Waals surface area contributed by atoms with Gasteiger partial charge in [-0.25, -0.2) is 12.8 Å². The van der Waals surface area contributed by atoms with Gasteiger partial charge in [-0.2, -0.15) is 4.31 Å². The smallest absolute Gasteiger partial charge is 0.311 e. The highest BCUT2D eigenvalue weighted by atomic mass is 32.2. The first-order valence-electron chi connectivity index (χ1n) is 10.5.